The number of carbonyl (C=O) groups is 1. The Hall–Kier alpha value is -1.51. The van der Waals surface area contributed by atoms with Crippen LogP contribution in [0, 0.1) is 0 Å². The number of urea groups is 1. The number of carbonyl (C=O) groups excluding carboxylic acids is 1. The van der Waals surface area contributed by atoms with Gasteiger partial charge in [-0.25, -0.2) is 4.79 Å². The van der Waals surface area contributed by atoms with Gasteiger partial charge in [-0.1, -0.05) is 30.3 Å². The summed E-state index contributed by atoms with van der Waals surface area (Å²) in [6.45, 7) is 2.00. The molecule has 13 heavy (non-hydrogen) atoms. The van der Waals surface area contributed by atoms with Crippen molar-refractivity contribution in [3.05, 3.63) is 35.9 Å². The van der Waals surface area contributed by atoms with Gasteiger partial charge < -0.3 is 10.6 Å². The second-order valence-electron chi connectivity index (χ2n) is 3.29. The Kier molecular flexibility index (Phi) is 1.93. The molecule has 0 aliphatic carbocycles. The summed E-state index contributed by atoms with van der Waals surface area (Å²) in [5, 5.41) is 5.69. The first kappa shape index (κ1) is 8.10. The van der Waals surface area contributed by atoms with E-state index in [2.05, 4.69) is 10.6 Å². The highest BCUT2D eigenvalue weighted by Gasteiger charge is 2.28. The van der Waals surface area contributed by atoms with Gasteiger partial charge in [0.25, 0.3) is 0 Å². The van der Waals surface area contributed by atoms with Crippen LogP contribution in [0.4, 0.5) is 4.79 Å². The number of hydrogen-bond acceptors (Lipinski definition) is 1. The number of amides is 2. The van der Waals surface area contributed by atoms with Crippen LogP contribution in [0.2, 0.25) is 0 Å². The Morgan fingerprint density at radius 1 is 1.15 bits per heavy atom. The maximum Gasteiger partial charge on any atom is 0.315 e. The van der Waals surface area contributed by atoms with Crippen LogP contribution < -0.4 is 10.6 Å². The minimum atomic E-state index is -0.0821. The fourth-order valence-electron chi connectivity index (χ4n) is 1.63. The third kappa shape index (κ3) is 1.49. The SMILES string of the molecule is C[C@H]1NC(=O)N[C@H]1c1ccccc1. The van der Waals surface area contributed by atoms with Crippen molar-refractivity contribution in [2.24, 2.45) is 0 Å². The van der Waals surface area contributed by atoms with E-state index in [4.69, 9.17) is 0 Å². The van der Waals surface area contributed by atoms with Crippen LogP contribution in [0.5, 0.6) is 0 Å². The fraction of sp³-hybridized carbons (Fsp3) is 0.300. The fourth-order valence-corrected chi connectivity index (χ4v) is 1.63. The van der Waals surface area contributed by atoms with Gasteiger partial charge in [0.05, 0.1) is 12.1 Å². The van der Waals surface area contributed by atoms with Crippen molar-refractivity contribution in [1.82, 2.24) is 10.6 Å². The Morgan fingerprint density at radius 3 is 2.38 bits per heavy atom. The molecule has 1 heterocycles. The molecule has 68 valence electrons. The van der Waals surface area contributed by atoms with Crippen molar-refractivity contribution in [2.75, 3.05) is 0 Å². The van der Waals surface area contributed by atoms with Crippen LogP contribution in [-0.2, 0) is 0 Å². The lowest BCUT2D eigenvalue weighted by atomic mass is 10.0. The summed E-state index contributed by atoms with van der Waals surface area (Å²) in [6.07, 6.45) is 0. The lowest BCUT2D eigenvalue weighted by Gasteiger charge is -2.13. The second kappa shape index (κ2) is 3.09. The molecular formula is C10H12N2O. The summed E-state index contributed by atoms with van der Waals surface area (Å²) in [7, 11) is 0. The normalized spacial score (nSPS) is 26.7. The summed E-state index contributed by atoms with van der Waals surface area (Å²) in [6, 6.07) is 10.2. The summed E-state index contributed by atoms with van der Waals surface area (Å²) >= 11 is 0. The van der Waals surface area contributed by atoms with Crippen LogP contribution in [0.1, 0.15) is 18.5 Å². The van der Waals surface area contributed by atoms with Gasteiger partial charge in [-0.2, -0.15) is 0 Å². The van der Waals surface area contributed by atoms with Gasteiger partial charge >= 0.3 is 6.03 Å². The van der Waals surface area contributed by atoms with Crippen LogP contribution in [-0.4, -0.2) is 12.1 Å². The van der Waals surface area contributed by atoms with Gasteiger partial charge in [0.1, 0.15) is 0 Å². The van der Waals surface area contributed by atoms with E-state index in [0.29, 0.717) is 0 Å². The highest BCUT2D eigenvalue weighted by Crippen LogP contribution is 2.19. The molecule has 2 rings (SSSR count). The smallest absolute Gasteiger partial charge is 0.315 e. The molecule has 1 aromatic carbocycles. The van der Waals surface area contributed by atoms with Gasteiger partial charge in [0, 0.05) is 0 Å². The second-order valence-corrected chi connectivity index (χ2v) is 3.29. The van der Waals surface area contributed by atoms with E-state index in [1.165, 1.54) is 0 Å². The van der Waals surface area contributed by atoms with Crippen LogP contribution in [0.3, 0.4) is 0 Å². The van der Waals surface area contributed by atoms with Gasteiger partial charge in [-0.05, 0) is 12.5 Å². The molecule has 1 aromatic rings. The standard InChI is InChI=1S/C10H12N2O/c1-7-9(12-10(13)11-7)8-5-3-2-4-6-8/h2-7,9H,1H3,(H2,11,12,13)/t7-,9-/m1/s1. The Labute approximate surface area is 77.1 Å². The molecule has 0 radical (unpaired) electrons. The van der Waals surface area contributed by atoms with Gasteiger partial charge in [0.15, 0.2) is 0 Å². The van der Waals surface area contributed by atoms with Gasteiger partial charge in [-0.3, -0.25) is 0 Å². The summed E-state index contributed by atoms with van der Waals surface area (Å²) in [5.74, 6) is 0. The van der Waals surface area contributed by atoms with Crippen LogP contribution in [0.15, 0.2) is 30.3 Å². The van der Waals surface area contributed by atoms with Gasteiger partial charge in [-0.15, -0.1) is 0 Å². The monoisotopic (exact) mass is 176 g/mol. The molecule has 1 fully saturated rings. The molecule has 0 unspecified atom stereocenters. The third-order valence-corrected chi connectivity index (χ3v) is 2.30. The molecule has 3 heteroatoms. The van der Waals surface area contributed by atoms with E-state index in [0.717, 1.165) is 5.56 Å². The van der Waals surface area contributed by atoms with Gasteiger partial charge in [0.2, 0.25) is 0 Å². The molecule has 1 aliphatic heterocycles. The van der Waals surface area contributed by atoms with Crippen molar-refractivity contribution in [1.29, 1.82) is 0 Å². The molecule has 0 spiro atoms. The zero-order valence-corrected chi connectivity index (χ0v) is 7.45. The molecule has 2 atom stereocenters. The summed E-state index contributed by atoms with van der Waals surface area (Å²) < 4.78 is 0. The minimum Gasteiger partial charge on any atom is -0.333 e. The molecule has 1 aliphatic rings. The van der Waals surface area contributed by atoms with E-state index in [9.17, 15) is 4.79 Å². The predicted molar refractivity (Wildman–Crippen MR) is 50.3 cm³/mol. The lowest BCUT2D eigenvalue weighted by Crippen LogP contribution is -2.23. The van der Waals surface area contributed by atoms with Crippen molar-refractivity contribution >= 4 is 6.03 Å². The summed E-state index contributed by atoms with van der Waals surface area (Å²) in [4.78, 5) is 11.0. The van der Waals surface area contributed by atoms with Crippen molar-refractivity contribution in [2.45, 2.75) is 19.0 Å². The van der Waals surface area contributed by atoms with E-state index < -0.39 is 0 Å². The highest BCUT2D eigenvalue weighted by molar-refractivity contribution is 5.77. The molecule has 0 bridgehead atoms. The lowest BCUT2D eigenvalue weighted by molar-refractivity contribution is 0.247. The van der Waals surface area contributed by atoms with E-state index in [-0.39, 0.29) is 18.1 Å². The number of nitrogens with one attached hydrogen (secondary N) is 2. The van der Waals surface area contributed by atoms with E-state index in [1.807, 2.05) is 37.3 Å². The van der Waals surface area contributed by atoms with Crippen molar-refractivity contribution in [3.8, 4) is 0 Å². The quantitative estimate of drug-likeness (QED) is 0.667. The molecule has 2 amide bonds. The maximum atomic E-state index is 11.0. The zero-order valence-electron chi connectivity index (χ0n) is 7.45. The molecule has 1 saturated heterocycles. The molecule has 2 N–H and O–H groups in total. The Bertz CT molecular complexity index is 310. The zero-order chi connectivity index (χ0) is 9.26. The van der Waals surface area contributed by atoms with E-state index in [1.54, 1.807) is 0 Å². The average molecular weight is 176 g/mol. The molecular weight excluding hydrogens is 164 g/mol. The Morgan fingerprint density at radius 2 is 1.85 bits per heavy atom. The van der Waals surface area contributed by atoms with Crippen molar-refractivity contribution < 1.29 is 4.79 Å². The first-order chi connectivity index (χ1) is 6.27. The molecule has 3 nitrogen and oxygen atoms in total. The largest absolute Gasteiger partial charge is 0.333 e. The Balaban J connectivity index is 2.23. The summed E-state index contributed by atoms with van der Waals surface area (Å²) in [5.41, 5.74) is 1.15. The van der Waals surface area contributed by atoms with Crippen molar-refractivity contribution in [3.63, 3.8) is 0 Å². The minimum absolute atomic E-state index is 0.0821. The molecule has 0 saturated carbocycles. The number of rotatable bonds is 1. The topological polar surface area (TPSA) is 41.1 Å². The van der Waals surface area contributed by atoms with E-state index >= 15 is 0 Å². The predicted octanol–water partition coefficient (Wildman–Crippen LogP) is 1.43. The third-order valence-electron chi connectivity index (χ3n) is 2.30. The first-order valence-electron chi connectivity index (χ1n) is 4.39. The highest BCUT2D eigenvalue weighted by atomic mass is 16.2. The van der Waals surface area contributed by atoms with Crippen LogP contribution >= 0.6 is 0 Å². The maximum absolute atomic E-state index is 11.0. The van der Waals surface area contributed by atoms with Crippen LogP contribution in [0.25, 0.3) is 0 Å². The first-order valence-corrected chi connectivity index (χ1v) is 4.39. The molecule has 0 aromatic heterocycles. The number of benzene rings is 1. The number of hydrogen-bond donors (Lipinski definition) is 2. The average Bonchev–Trinajstić information content (AvgIpc) is 2.47.